The monoisotopic (exact) mass is 567 g/mol. The van der Waals surface area contributed by atoms with E-state index in [1.54, 1.807) is 4.57 Å². The van der Waals surface area contributed by atoms with Crippen molar-refractivity contribution in [3.05, 3.63) is 41.2 Å². The van der Waals surface area contributed by atoms with Crippen LogP contribution in [0.15, 0.2) is 18.7 Å². The molecule has 0 amide bonds. The van der Waals surface area contributed by atoms with Crippen molar-refractivity contribution in [3.63, 3.8) is 0 Å². The summed E-state index contributed by atoms with van der Waals surface area (Å²) >= 11 is 5.89. The number of aromatic nitrogens is 7. The van der Waals surface area contributed by atoms with Gasteiger partial charge in [0.05, 0.1) is 36.7 Å². The predicted molar refractivity (Wildman–Crippen MR) is 136 cm³/mol. The summed E-state index contributed by atoms with van der Waals surface area (Å²) in [6.45, 7) is 5.88. The maximum absolute atomic E-state index is 13.7. The topological polar surface area (TPSA) is 153 Å². The Kier molecular flexibility index (Phi) is 8.16. The maximum atomic E-state index is 13.7. The van der Waals surface area contributed by atoms with Crippen LogP contribution in [0.3, 0.4) is 0 Å². The van der Waals surface area contributed by atoms with Crippen LogP contribution in [0.2, 0.25) is 5.02 Å². The number of nitrogens with zero attached hydrogens (tertiary/aromatic N) is 7. The minimum atomic E-state index is -3.90. The van der Waals surface area contributed by atoms with Crippen LogP contribution in [0, 0.1) is 0 Å². The fourth-order valence-corrected chi connectivity index (χ4v) is 5.97. The summed E-state index contributed by atoms with van der Waals surface area (Å²) < 4.78 is 51.4. The molecule has 1 aliphatic heterocycles. The van der Waals surface area contributed by atoms with Gasteiger partial charge in [0.25, 0.3) is 0 Å². The molecule has 1 fully saturated rings. The molecule has 206 valence electrons. The third-order valence-electron chi connectivity index (χ3n) is 6.37. The Hall–Kier alpha value is -2.94. The highest BCUT2D eigenvalue weighted by Crippen LogP contribution is 2.39. The quantitative estimate of drug-likeness (QED) is 0.353. The van der Waals surface area contributed by atoms with E-state index in [1.807, 2.05) is 13.8 Å². The van der Waals surface area contributed by atoms with Crippen LogP contribution in [0.4, 0.5) is 0 Å². The fourth-order valence-electron chi connectivity index (χ4n) is 4.45. The highest BCUT2D eigenvalue weighted by Gasteiger charge is 2.39. The van der Waals surface area contributed by atoms with Crippen molar-refractivity contribution in [2.24, 2.45) is 0 Å². The zero-order valence-electron chi connectivity index (χ0n) is 22.0. The molecule has 13 nitrogen and oxygen atoms in total. The molecule has 3 aromatic heterocycles. The molecule has 4 heterocycles. The molecule has 0 spiro atoms. The van der Waals surface area contributed by atoms with E-state index in [2.05, 4.69) is 30.1 Å². The first kappa shape index (κ1) is 28.1. The molecule has 15 heteroatoms. The zero-order chi connectivity index (χ0) is 27.7. The van der Waals surface area contributed by atoms with Gasteiger partial charge in [-0.2, -0.15) is 9.97 Å². The molecule has 3 atom stereocenters. The maximum Gasteiger partial charge on any atom is 0.245 e. The van der Waals surface area contributed by atoms with Crippen LogP contribution in [-0.2, 0) is 25.1 Å². The van der Waals surface area contributed by atoms with Crippen LogP contribution in [-0.4, -0.2) is 81.9 Å². The van der Waals surface area contributed by atoms with E-state index in [4.69, 9.17) is 30.5 Å². The van der Waals surface area contributed by atoms with Crippen molar-refractivity contribution in [2.75, 3.05) is 27.9 Å². The van der Waals surface area contributed by atoms with Gasteiger partial charge in [-0.25, -0.2) is 18.4 Å². The summed E-state index contributed by atoms with van der Waals surface area (Å²) in [5, 5.41) is 7.98. The number of sulfone groups is 1. The second kappa shape index (κ2) is 11.0. The molecule has 0 unspecified atom stereocenters. The first-order valence-electron chi connectivity index (χ1n) is 11.7. The van der Waals surface area contributed by atoms with Crippen molar-refractivity contribution >= 4 is 21.4 Å². The minimum absolute atomic E-state index is 0.134. The number of halogens is 1. The van der Waals surface area contributed by atoms with Crippen LogP contribution in [0.1, 0.15) is 56.7 Å². The molecular formula is C23H30ClN7O6S. The molecule has 0 saturated carbocycles. The van der Waals surface area contributed by atoms with Gasteiger partial charge < -0.3 is 18.9 Å². The number of ether oxygens (including phenoxy) is 4. The number of methoxy groups -OCH3 is 3. The average Bonchev–Trinajstić information content (AvgIpc) is 3.46. The Morgan fingerprint density at radius 2 is 1.74 bits per heavy atom. The van der Waals surface area contributed by atoms with Gasteiger partial charge in [-0.1, -0.05) is 11.6 Å². The Morgan fingerprint density at radius 1 is 1.11 bits per heavy atom. The van der Waals surface area contributed by atoms with Crippen molar-refractivity contribution in [2.45, 2.75) is 55.8 Å². The smallest absolute Gasteiger partial charge is 0.245 e. The largest absolute Gasteiger partial charge is 0.479 e. The molecule has 3 aromatic rings. The van der Waals surface area contributed by atoms with Crippen molar-refractivity contribution in [1.29, 1.82) is 0 Å². The first-order valence-corrected chi connectivity index (χ1v) is 13.8. The second-order valence-corrected chi connectivity index (χ2v) is 12.2. The minimum Gasteiger partial charge on any atom is -0.479 e. The first-order chi connectivity index (χ1) is 18.0. The Morgan fingerprint density at radius 3 is 2.26 bits per heavy atom. The third kappa shape index (κ3) is 5.58. The van der Waals surface area contributed by atoms with Gasteiger partial charge in [-0.05, 0) is 27.2 Å². The van der Waals surface area contributed by atoms with E-state index in [0.717, 1.165) is 0 Å². The molecule has 1 aliphatic rings. The van der Waals surface area contributed by atoms with Gasteiger partial charge in [0, 0.05) is 25.4 Å². The summed E-state index contributed by atoms with van der Waals surface area (Å²) in [4.78, 5) is 16.7. The van der Waals surface area contributed by atoms with Gasteiger partial charge in [-0.3, -0.25) is 4.57 Å². The van der Waals surface area contributed by atoms with Gasteiger partial charge in [0.1, 0.15) is 24.0 Å². The average molecular weight is 568 g/mol. The highest BCUT2D eigenvalue weighted by molar-refractivity contribution is 7.91. The standard InChI is InChI=1S/C23H30ClN7O6S/c1-13(18(34-4)19-25-8-15(24)9-26-19)38(32,33)11-16-29-30-20(14-7-23(2,3)37-10-14)31(16)17-21(35-5)27-12-28-22(17)36-6/h8-9,12-14,18H,7,10-11H2,1-6H3/t13-,14-,18-/m0/s1. The molecule has 0 N–H and O–H groups in total. The second-order valence-electron chi connectivity index (χ2n) is 9.45. The summed E-state index contributed by atoms with van der Waals surface area (Å²) in [6.07, 6.45) is 3.77. The normalized spacial score (nSPS) is 18.8. The van der Waals surface area contributed by atoms with Crippen molar-refractivity contribution in [3.8, 4) is 17.4 Å². The third-order valence-corrected chi connectivity index (χ3v) is 8.61. The predicted octanol–water partition coefficient (Wildman–Crippen LogP) is 2.49. The lowest BCUT2D eigenvalue weighted by molar-refractivity contribution is 0.0360. The van der Waals surface area contributed by atoms with Crippen LogP contribution in [0.25, 0.3) is 5.69 Å². The number of hydrogen-bond acceptors (Lipinski definition) is 12. The van der Waals surface area contributed by atoms with E-state index in [9.17, 15) is 8.42 Å². The summed E-state index contributed by atoms with van der Waals surface area (Å²) in [7, 11) is 0.395. The lowest BCUT2D eigenvalue weighted by Gasteiger charge is -2.22. The number of hydrogen-bond donors (Lipinski definition) is 0. The number of rotatable bonds is 10. The Labute approximate surface area is 225 Å². The Balaban J connectivity index is 1.79. The molecule has 0 radical (unpaired) electrons. The van der Waals surface area contributed by atoms with E-state index in [1.165, 1.54) is 47.0 Å². The van der Waals surface area contributed by atoms with Crippen LogP contribution in [0.5, 0.6) is 11.8 Å². The van der Waals surface area contributed by atoms with Crippen molar-refractivity contribution in [1.82, 2.24) is 34.7 Å². The zero-order valence-corrected chi connectivity index (χ0v) is 23.5. The van der Waals surface area contributed by atoms with E-state index in [0.29, 0.717) is 29.6 Å². The summed E-state index contributed by atoms with van der Waals surface area (Å²) in [5.41, 5.74) is -0.0854. The highest BCUT2D eigenvalue weighted by atomic mass is 35.5. The summed E-state index contributed by atoms with van der Waals surface area (Å²) in [5.74, 6) is 0.515. The van der Waals surface area contributed by atoms with Gasteiger partial charge in [-0.15, -0.1) is 10.2 Å². The molecule has 0 aromatic carbocycles. The van der Waals surface area contributed by atoms with Crippen LogP contribution < -0.4 is 9.47 Å². The van der Waals surface area contributed by atoms with E-state index >= 15 is 0 Å². The lowest BCUT2D eigenvalue weighted by atomic mass is 9.97. The fraction of sp³-hybridized carbons (Fsp3) is 0.565. The van der Waals surface area contributed by atoms with Gasteiger partial charge >= 0.3 is 0 Å². The molecular weight excluding hydrogens is 538 g/mol. The van der Waals surface area contributed by atoms with Crippen molar-refractivity contribution < 1.29 is 27.4 Å². The lowest BCUT2D eigenvalue weighted by Crippen LogP contribution is -2.30. The molecule has 0 aliphatic carbocycles. The molecule has 0 bridgehead atoms. The van der Waals surface area contributed by atoms with E-state index in [-0.39, 0.29) is 34.9 Å². The molecule has 1 saturated heterocycles. The SMILES string of the molecule is COc1ncnc(OC)c1-n1c(CS(=O)(=O)[C@@H](C)[C@H](OC)c2ncc(Cl)cn2)nnc1[C@@H]1COC(C)(C)C1. The molecule has 38 heavy (non-hydrogen) atoms. The van der Waals surface area contributed by atoms with Gasteiger partial charge in [0.15, 0.2) is 27.2 Å². The van der Waals surface area contributed by atoms with Crippen LogP contribution >= 0.6 is 11.6 Å². The van der Waals surface area contributed by atoms with Gasteiger partial charge in [0.2, 0.25) is 11.8 Å². The summed E-state index contributed by atoms with van der Waals surface area (Å²) in [6, 6.07) is 0. The Bertz CT molecular complexity index is 1360. The van der Waals surface area contributed by atoms with E-state index < -0.39 is 26.9 Å². The molecule has 4 rings (SSSR count).